The van der Waals surface area contributed by atoms with E-state index in [-0.39, 0.29) is 18.2 Å². The molecule has 0 saturated carbocycles. The van der Waals surface area contributed by atoms with E-state index >= 15 is 0 Å². The first-order valence-corrected chi connectivity index (χ1v) is 9.28. The average Bonchev–Trinajstić information content (AvgIpc) is 2.66. The Hall–Kier alpha value is -3.44. The first-order valence-electron chi connectivity index (χ1n) is 9.28. The van der Waals surface area contributed by atoms with E-state index in [1.54, 1.807) is 6.92 Å². The number of rotatable bonds is 5. The first kappa shape index (κ1) is 25.2. The van der Waals surface area contributed by atoms with Crippen LogP contribution in [0.25, 0.3) is 11.1 Å². The van der Waals surface area contributed by atoms with Gasteiger partial charge in [-0.25, -0.2) is 22.0 Å². The number of hydrogen-bond acceptors (Lipinski definition) is 1. The predicted octanol–water partition coefficient (Wildman–Crippen LogP) is 7.90. The van der Waals surface area contributed by atoms with Gasteiger partial charge in [0.2, 0.25) is 0 Å². The molecule has 0 amide bonds. The fourth-order valence-corrected chi connectivity index (χ4v) is 3.18. The lowest BCUT2D eigenvalue weighted by Gasteiger charge is -2.21. The van der Waals surface area contributed by atoms with Crippen molar-refractivity contribution in [1.82, 2.24) is 0 Å². The van der Waals surface area contributed by atoms with Crippen molar-refractivity contribution in [3.63, 3.8) is 0 Å². The summed E-state index contributed by atoms with van der Waals surface area (Å²) < 4.78 is 142. The molecule has 3 aromatic carbocycles. The zero-order chi connectivity index (χ0) is 25.6. The highest BCUT2D eigenvalue weighted by atomic mass is 19.4. The molecule has 0 fully saturated rings. The van der Waals surface area contributed by atoms with Crippen LogP contribution in [-0.2, 0) is 23.8 Å². The van der Waals surface area contributed by atoms with Gasteiger partial charge in [-0.05, 0) is 18.1 Å². The molecular weight excluding hydrogens is 486 g/mol. The van der Waals surface area contributed by atoms with Gasteiger partial charge in [0.05, 0.1) is 5.56 Å². The number of aryl methyl sites for hydroxylation is 1. The fourth-order valence-electron chi connectivity index (χ4n) is 3.18. The fraction of sp³-hybridized carbons (Fsp3) is 0.182. The van der Waals surface area contributed by atoms with Gasteiger partial charge >= 0.3 is 12.3 Å². The minimum atomic E-state index is -5.51. The summed E-state index contributed by atoms with van der Waals surface area (Å²) in [6.45, 7) is 1.65. The molecule has 0 aliphatic rings. The molecule has 0 unspecified atom stereocenters. The first-order chi connectivity index (χ1) is 15.7. The zero-order valence-corrected chi connectivity index (χ0v) is 16.8. The Morgan fingerprint density at radius 2 is 1.32 bits per heavy atom. The van der Waals surface area contributed by atoms with E-state index in [1.165, 1.54) is 6.07 Å². The SMILES string of the molecule is CCc1ccc(-c2c([O])cc(F)c(C(F)(F)Oc3cc(F)c(C(F)(F)F)c(F)c3)c2F)c(F)c1. The molecule has 2 nitrogen and oxygen atoms in total. The van der Waals surface area contributed by atoms with E-state index in [2.05, 4.69) is 4.74 Å². The van der Waals surface area contributed by atoms with Gasteiger partial charge < -0.3 is 4.74 Å². The minimum absolute atomic E-state index is 0.0773. The maximum Gasteiger partial charge on any atom is 0.432 e. The van der Waals surface area contributed by atoms with Crippen molar-refractivity contribution in [2.75, 3.05) is 0 Å². The number of benzene rings is 3. The summed E-state index contributed by atoms with van der Waals surface area (Å²) in [5.41, 5.74) is -6.25. The lowest BCUT2D eigenvalue weighted by Crippen LogP contribution is -2.26. The van der Waals surface area contributed by atoms with Crippen LogP contribution in [0.5, 0.6) is 11.5 Å². The van der Waals surface area contributed by atoms with Gasteiger partial charge in [0.15, 0.2) is 11.6 Å². The largest absolute Gasteiger partial charge is 0.432 e. The molecule has 34 heavy (non-hydrogen) atoms. The lowest BCUT2D eigenvalue weighted by molar-refractivity contribution is -0.189. The molecule has 3 rings (SSSR count). The molecule has 0 aromatic heterocycles. The smallest absolute Gasteiger partial charge is 0.429 e. The summed E-state index contributed by atoms with van der Waals surface area (Å²) in [5.74, 6) is -13.2. The Balaban J connectivity index is 2.12. The van der Waals surface area contributed by atoms with Crippen LogP contribution in [0.1, 0.15) is 23.6 Å². The maximum absolute atomic E-state index is 15.0. The van der Waals surface area contributed by atoms with E-state index in [0.29, 0.717) is 12.0 Å². The Morgan fingerprint density at radius 1 is 0.765 bits per heavy atom. The Labute approximate surface area is 185 Å². The zero-order valence-electron chi connectivity index (χ0n) is 16.8. The summed E-state index contributed by atoms with van der Waals surface area (Å²) in [5, 5.41) is 12.1. The van der Waals surface area contributed by atoms with Crippen LogP contribution in [-0.4, -0.2) is 0 Å². The Bertz CT molecular complexity index is 1230. The number of halogens is 10. The third-order valence-electron chi connectivity index (χ3n) is 4.73. The van der Waals surface area contributed by atoms with Gasteiger partial charge in [-0.2, -0.15) is 22.0 Å². The van der Waals surface area contributed by atoms with Crippen LogP contribution in [0.3, 0.4) is 0 Å². The average molecular weight is 497 g/mol. The van der Waals surface area contributed by atoms with Crippen LogP contribution < -0.4 is 4.74 Å². The third-order valence-corrected chi connectivity index (χ3v) is 4.73. The van der Waals surface area contributed by atoms with Gasteiger partial charge in [0, 0.05) is 23.8 Å². The van der Waals surface area contributed by atoms with Crippen LogP contribution in [0.15, 0.2) is 36.4 Å². The predicted molar refractivity (Wildman–Crippen MR) is 97.1 cm³/mol. The van der Waals surface area contributed by atoms with E-state index in [0.717, 1.165) is 12.1 Å². The normalized spacial score (nSPS) is 12.2. The van der Waals surface area contributed by atoms with E-state index in [9.17, 15) is 49.0 Å². The molecule has 12 heteroatoms. The molecule has 0 bridgehead atoms. The molecule has 0 aliphatic heterocycles. The summed E-state index contributed by atoms with van der Waals surface area (Å²) in [4.78, 5) is 0. The molecule has 0 spiro atoms. The molecule has 3 aromatic rings. The molecule has 0 heterocycles. The third kappa shape index (κ3) is 4.62. The second kappa shape index (κ2) is 8.73. The molecule has 181 valence electrons. The van der Waals surface area contributed by atoms with Crippen molar-refractivity contribution in [2.45, 2.75) is 25.6 Å². The molecule has 0 atom stereocenters. The van der Waals surface area contributed by atoms with Crippen molar-refractivity contribution >= 4 is 0 Å². The topological polar surface area (TPSA) is 29.1 Å². The van der Waals surface area contributed by atoms with Gasteiger partial charge in [-0.1, -0.05) is 19.1 Å². The quantitative estimate of drug-likeness (QED) is 0.330. The summed E-state index contributed by atoms with van der Waals surface area (Å²) in [7, 11) is 0. The Kier molecular flexibility index (Phi) is 6.47. The standard InChI is InChI=1S/C22H11F10O2/c1-2-9-3-4-11(12(23)5-9)17-16(33)8-15(26)19(20(17)27)22(31,32)34-10-6-13(24)18(14(25)7-10)21(28,29)30/h3-8H,2H2,1H3. The van der Waals surface area contributed by atoms with Crippen molar-refractivity contribution in [2.24, 2.45) is 0 Å². The van der Waals surface area contributed by atoms with E-state index in [1.807, 2.05) is 0 Å². The van der Waals surface area contributed by atoms with Crippen LogP contribution in [0, 0.1) is 29.1 Å². The highest BCUT2D eigenvalue weighted by Gasteiger charge is 2.44. The number of hydrogen-bond donors (Lipinski definition) is 0. The second-order valence-corrected chi connectivity index (χ2v) is 6.97. The van der Waals surface area contributed by atoms with Crippen LogP contribution >= 0.6 is 0 Å². The number of alkyl halides is 5. The van der Waals surface area contributed by atoms with Gasteiger partial charge in [-0.15, -0.1) is 0 Å². The van der Waals surface area contributed by atoms with Crippen molar-refractivity contribution < 1.29 is 53.7 Å². The molecule has 0 aliphatic carbocycles. The van der Waals surface area contributed by atoms with Gasteiger partial charge in [0.1, 0.15) is 40.1 Å². The van der Waals surface area contributed by atoms with Crippen molar-refractivity contribution in [1.29, 1.82) is 0 Å². The van der Waals surface area contributed by atoms with Crippen LogP contribution in [0.2, 0.25) is 0 Å². The van der Waals surface area contributed by atoms with Crippen molar-refractivity contribution in [3.8, 4) is 22.6 Å². The molecule has 1 radical (unpaired) electrons. The van der Waals surface area contributed by atoms with Crippen molar-refractivity contribution in [3.05, 3.63) is 82.2 Å². The summed E-state index contributed by atoms with van der Waals surface area (Å²) >= 11 is 0. The minimum Gasteiger partial charge on any atom is -0.429 e. The maximum atomic E-state index is 15.0. The lowest BCUT2D eigenvalue weighted by atomic mass is 9.97. The van der Waals surface area contributed by atoms with Gasteiger partial charge in [-0.3, -0.25) is 5.11 Å². The van der Waals surface area contributed by atoms with Crippen LogP contribution in [0.4, 0.5) is 43.9 Å². The second-order valence-electron chi connectivity index (χ2n) is 6.97. The molecule has 0 N–H and O–H groups in total. The molecular formula is C22H11F10O2. The Morgan fingerprint density at radius 3 is 1.82 bits per heavy atom. The highest BCUT2D eigenvalue weighted by Crippen LogP contribution is 2.44. The molecule has 0 saturated heterocycles. The van der Waals surface area contributed by atoms with E-state index < -0.39 is 75.1 Å². The summed E-state index contributed by atoms with van der Waals surface area (Å²) in [6, 6.07) is 2.48. The summed E-state index contributed by atoms with van der Waals surface area (Å²) in [6.07, 6.45) is -10.3. The van der Waals surface area contributed by atoms with E-state index in [4.69, 9.17) is 0 Å². The van der Waals surface area contributed by atoms with Gasteiger partial charge in [0.25, 0.3) is 0 Å². The highest BCUT2D eigenvalue weighted by molar-refractivity contribution is 5.72. The number of ether oxygens (including phenoxy) is 1. The monoisotopic (exact) mass is 497 g/mol.